The molecule has 1 amide bonds. The van der Waals surface area contributed by atoms with Crippen LogP contribution in [0.1, 0.15) is 25.7 Å². The number of nitrogens with two attached hydrogens (primary N) is 1. The van der Waals surface area contributed by atoms with Crippen LogP contribution in [-0.4, -0.2) is 18.5 Å². The molecule has 88 valence electrons. The van der Waals surface area contributed by atoms with Crippen molar-refractivity contribution in [1.82, 2.24) is 5.32 Å². The van der Waals surface area contributed by atoms with Gasteiger partial charge in [0.2, 0.25) is 5.91 Å². The molecule has 3 N–H and O–H groups in total. The summed E-state index contributed by atoms with van der Waals surface area (Å²) in [4.78, 5) is 12.0. The maximum atomic E-state index is 12.0. The molecule has 3 nitrogen and oxygen atoms in total. The first kappa shape index (κ1) is 10.3. The standard InChI is InChI=1S/C13H20N2O/c14-12-6-11(9-5-10(9)12)13(16)15-7-8-3-1-2-4-8/h1-2,8-12H,3-7,14H2,(H,15,16)/t9-,10+,11-,12+/m0/s1. The molecule has 0 aromatic carbocycles. The van der Waals surface area contributed by atoms with E-state index in [0.717, 1.165) is 25.8 Å². The quantitative estimate of drug-likeness (QED) is 0.699. The summed E-state index contributed by atoms with van der Waals surface area (Å²) < 4.78 is 0. The summed E-state index contributed by atoms with van der Waals surface area (Å²) in [6.45, 7) is 0.842. The molecule has 0 aromatic heterocycles. The topological polar surface area (TPSA) is 55.1 Å². The zero-order valence-electron chi connectivity index (χ0n) is 9.56. The smallest absolute Gasteiger partial charge is 0.223 e. The summed E-state index contributed by atoms with van der Waals surface area (Å²) in [5, 5.41) is 3.11. The number of hydrogen-bond acceptors (Lipinski definition) is 2. The second-order valence-electron chi connectivity index (χ2n) is 5.62. The van der Waals surface area contributed by atoms with E-state index in [2.05, 4.69) is 17.5 Å². The Morgan fingerprint density at radius 3 is 2.56 bits per heavy atom. The molecule has 3 aliphatic rings. The Morgan fingerprint density at radius 2 is 2.00 bits per heavy atom. The van der Waals surface area contributed by atoms with Gasteiger partial charge in [0.1, 0.15) is 0 Å². The van der Waals surface area contributed by atoms with Gasteiger partial charge in [-0.2, -0.15) is 0 Å². The molecule has 0 saturated heterocycles. The van der Waals surface area contributed by atoms with Crippen LogP contribution in [0.4, 0.5) is 0 Å². The minimum Gasteiger partial charge on any atom is -0.356 e. The molecule has 0 spiro atoms. The highest BCUT2D eigenvalue weighted by atomic mass is 16.1. The average Bonchev–Trinajstić information content (AvgIpc) is 2.76. The van der Waals surface area contributed by atoms with Crippen molar-refractivity contribution in [1.29, 1.82) is 0 Å². The minimum atomic E-state index is 0.217. The molecule has 0 heterocycles. The van der Waals surface area contributed by atoms with E-state index in [9.17, 15) is 4.79 Å². The molecule has 4 atom stereocenters. The van der Waals surface area contributed by atoms with Gasteiger partial charge in [0, 0.05) is 18.5 Å². The van der Waals surface area contributed by atoms with Crippen molar-refractivity contribution in [3.63, 3.8) is 0 Å². The molecule has 0 aromatic rings. The van der Waals surface area contributed by atoms with Crippen LogP contribution in [0.5, 0.6) is 0 Å². The lowest BCUT2D eigenvalue weighted by atomic mass is 10.0. The highest BCUT2D eigenvalue weighted by Gasteiger charge is 2.55. The lowest BCUT2D eigenvalue weighted by molar-refractivity contribution is -0.125. The van der Waals surface area contributed by atoms with Gasteiger partial charge >= 0.3 is 0 Å². The Balaban J connectivity index is 1.46. The van der Waals surface area contributed by atoms with Gasteiger partial charge in [-0.3, -0.25) is 4.79 Å². The van der Waals surface area contributed by atoms with E-state index >= 15 is 0 Å². The van der Waals surface area contributed by atoms with Crippen molar-refractivity contribution in [2.24, 2.45) is 29.4 Å². The van der Waals surface area contributed by atoms with Crippen LogP contribution in [0.2, 0.25) is 0 Å². The van der Waals surface area contributed by atoms with Crippen molar-refractivity contribution in [2.45, 2.75) is 31.7 Å². The Morgan fingerprint density at radius 1 is 1.25 bits per heavy atom. The summed E-state index contributed by atoms with van der Waals surface area (Å²) in [6.07, 6.45) is 8.75. The van der Waals surface area contributed by atoms with Crippen molar-refractivity contribution in [2.75, 3.05) is 6.54 Å². The summed E-state index contributed by atoms with van der Waals surface area (Å²) in [5.41, 5.74) is 5.98. The Kier molecular flexibility index (Phi) is 2.51. The Hall–Kier alpha value is -0.830. The van der Waals surface area contributed by atoms with Crippen LogP contribution in [0, 0.1) is 23.7 Å². The lowest BCUT2D eigenvalue weighted by Gasteiger charge is -2.16. The van der Waals surface area contributed by atoms with E-state index in [1.165, 1.54) is 6.42 Å². The number of fused-ring (bicyclic) bond motifs is 1. The molecule has 3 heteroatoms. The molecule has 0 aliphatic heterocycles. The van der Waals surface area contributed by atoms with Crippen molar-refractivity contribution >= 4 is 5.91 Å². The van der Waals surface area contributed by atoms with Gasteiger partial charge < -0.3 is 11.1 Å². The van der Waals surface area contributed by atoms with Crippen molar-refractivity contribution < 1.29 is 4.79 Å². The van der Waals surface area contributed by atoms with E-state index in [1.54, 1.807) is 0 Å². The molecular weight excluding hydrogens is 200 g/mol. The number of rotatable bonds is 3. The first-order valence-electron chi connectivity index (χ1n) is 6.44. The van der Waals surface area contributed by atoms with Crippen LogP contribution in [0.15, 0.2) is 12.2 Å². The van der Waals surface area contributed by atoms with Gasteiger partial charge in [-0.1, -0.05) is 12.2 Å². The van der Waals surface area contributed by atoms with E-state index in [0.29, 0.717) is 17.8 Å². The van der Waals surface area contributed by atoms with Crippen LogP contribution in [0.3, 0.4) is 0 Å². The molecule has 2 fully saturated rings. The van der Waals surface area contributed by atoms with E-state index in [-0.39, 0.29) is 17.9 Å². The fraction of sp³-hybridized carbons (Fsp3) is 0.769. The summed E-state index contributed by atoms with van der Waals surface area (Å²) >= 11 is 0. The normalized spacial score (nSPS) is 41.1. The molecule has 3 rings (SSSR count). The number of carbonyl (C=O) groups is 1. The summed E-state index contributed by atoms with van der Waals surface area (Å²) in [7, 11) is 0. The highest BCUT2D eigenvalue weighted by molar-refractivity contribution is 5.80. The molecule has 0 bridgehead atoms. The van der Waals surface area contributed by atoms with Crippen LogP contribution < -0.4 is 11.1 Å². The molecule has 0 radical (unpaired) electrons. The van der Waals surface area contributed by atoms with Crippen LogP contribution in [0.25, 0.3) is 0 Å². The maximum Gasteiger partial charge on any atom is 0.223 e. The van der Waals surface area contributed by atoms with E-state index in [1.807, 2.05) is 0 Å². The van der Waals surface area contributed by atoms with Crippen LogP contribution >= 0.6 is 0 Å². The summed E-state index contributed by atoms with van der Waals surface area (Å²) in [6, 6.07) is 0.286. The third-order valence-corrected chi connectivity index (χ3v) is 4.49. The fourth-order valence-corrected chi connectivity index (χ4v) is 3.35. The molecule has 2 saturated carbocycles. The monoisotopic (exact) mass is 220 g/mol. The third kappa shape index (κ3) is 1.77. The largest absolute Gasteiger partial charge is 0.356 e. The van der Waals surface area contributed by atoms with E-state index in [4.69, 9.17) is 5.73 Å². The van der Waals surface area contributed by atoms with Gasteiger partial charge in [-0.25, -0.2) is 0 Å². The van der Waals surface area contributed by atoms with Gasteiger partial charge in [-0.15, -0.1) is 0 Å². The number of carbonyl (C=O) groups excluding carboxylic acids is 1. The predicted molar refractivity (Wildman–Crippen MR) is 62.6 cm³/mol. The number of hydrogen-bond donors (Lipinski definition) is 2. The number of nitrogens with one attached hydrogen (secondary N) is 1. The van der Waals surface area contributed by atoms with Gasteiger partial charge in [0.25, 0.3) is 0 Å². The van der Waals surface area contributed by atoms with E-state index < -0.39 is 0 Å². The van der Waals surface area contributed by atoms with Gasteiger partial charge in [0.05, 0.1) is 0 Å². The molecular formula is C13H20N2O. The third-order valence-electron chi connectivity index (χ3n) is 4.49. The molecule has 3 aliphatic carbocycles. The zero-order valence-corrected chi connectivity index (χ0v) is 9.56. The van der Waals surface area contributed by atoms with Crippen molar-refractivity contribution in [3.8, 4) is 0 Å². The SMILES string of the molecule is N[C@@H]1C[C@H](C(=O)NCC2CC=CC2)[C@H]2C[C@H]21. The first-order valence-corrected chi connectivity index (χ1v) is 6.44. The molecule has 16 heavy (non-hydrogen) atoms. The Labute approximate surface area is 96.5 Å². The first-order chi connectivity index (χ1) is 7.75. The second kappa shape index (κ2) is 3.88. The maximum absolute atomic E-state index is 12.0. The van der Waals surface area contributed by atoms with Crippen molar-refractivity contribution in [3.05, 3.63) is 12.2 Å². The van der Waals surface area contributed by atoms with Crippen LogP contribution in [-0.2, 0) is 4.79 Å². The Bertz CT molecular complexity index is 318. The zero-order chi connectivity index (χ0) is 11.1. The molecule has 0 unspecified atom stereocenters. The fourth-order valence-electron chi connectivity index (χ4n) is 3.35. The summed E-state index contributed by atoms with van der Waals surface area (Å²) in [5.74, 6) is 2.37. The second-order valence-corrected chi connectivity index (χ2v) is 5.62. The predicted octanol–water partition coefficient (Wildman–Crippen LogP) is 1.05. The van der Waals surface area contributed by atoms with Gasteiger partial charge in [0.15, 0.2) is 0 Å². The minimum absolute atomic E-state index is 0.217. The van der Waals surface area contributed by atoms with Gasteiger partial charge in [-0.05, 0) is 43.4 Å². The number of allylic oxidation sites excluding steroid dienone is 2. The average molecular weight is 220 g/mol. The number of amides is 1. The highest BCUT2D eigenvalue weighted by Crippen LogP contribution is 2.54. The lowest BCUT2D eigenvalue weighted by Crippen LogP contribution is -2.35.